The van der Waals surface area contributed by atoms with Crippen molar-refractivity contribution in [3.05, 3.63) is 76.0 Å². The number of alkyl halides is 3. The van der Waals surface area contributed by atoms with Crippen molar-refractivity contribution in [3.63, 3.8) is 0 Å². The number of halogens is 4. The zero-order valence-electron chi connectivity index (χ0n) is 22.3. The number of carbonyl (C=O) groups is 1. The fourth-order valence-corrected chi connectivity index (χ4v) is 6.36. The number of allylic oxidation sites excluding steroid dienone is 1. The summed E-state index contributed by atoms with van der Waals surface area (Å²) in [6, 6.07) is 6.06. The number of amides is 1. The van der Waals surface area contributed by atoms with Gasteiger partial charge in [-0.15, -0.1) is 0 Å². The molecule has 41 heavy (non-hydrogen) atoms. The van der Waals surface area contributed by atoms with Crippen molar-refractivity contribution >= 4 is 33.6 Å². The number of hydrogen-bond acceptors (Lipinski definition) is 5. The van der Waals surface area contributed by atoms with Gasteiger partial charge in [-0.3, -0.25) is 14.6 Å². The van der Waals surface area contributed by atoms with Gasteiger partial charge in [-0.2, -0.15) is 13.2 Å². The van der Waals surface area contributed by atoms with Gasteiger partial charge in [0.15, 0.2) is 11.0 Å². The van der Waals surface area contributed by atoms with Gasteiger partial charge < -0.3 is 14.3 Å². The molecule has 3 atom stereocenters. The highest BCUT2D eigenvalue weighted by atomic mass is 32.2. The van der Waals surface area contributed by atoms with Crippen molar-refractivity contribution in [1.82, 2.24) is 14.2 Å². The van der Waals surface area contributed by atoms with Crippen LogP contribution in [0.15, 0.2) is 68.0 Å². The molecule has 4 heterocycles. The molecule has 2 aliphatic heterocycles. The van der Waals surface area contributed by atoms with E-state index in [9.17, 15) is 31.4 Å². The number of benzene rings is 1. The Morgan fingerprint density at radius 3 is 2.71 bits per heavy atom. The molecule has 218 valence electrons. The average molecular weight is 593 g/mol. The average Bonchev–Trinajstić information content (AvgIpc) is 3.59. The normalized spacial score (nSPS) is 20.5. The Bertz CT molecular complexity index is 1630. The molecular weight excluding hydrogens is 564 g/mol. The number of furan rings is 1. The third kappa shape index (κ3) is 6.05. The lowest BCUT2D eigenvalue weighted by atomic mass is 9.96. The molecule has 13 heteroatoms. The molecular formula is C28H28F4N4O4S. The Labute approximate surface area is 235 Å². The van der Waals surface area contributed by atoms with Crippen LogP contribution < -0.4 is 10.9 Å². The predicted octanol–water partition coefficient (Wildman–Crippen LogP) is 4.77. The SMILES string of the molecule is CC(C)n1cc(C2C=CC(C(F)(F)F)=NC2)cc(CNC(=O)[C@@H]2CCCN2S(=O)c2cc3cc(F)ccc3o2)c1=O. The molecule has 2 aliphatic rings. The van der Waals surface area contributed by atoms with Crippen molar-refractivity contribution in [2.45, 2.75) is 62.5 Å². The summed E-state index contributed by atoms with van der Waals surface area (Å²) in [7, 11) is -1.81. The van der Waals surface area contributed by atoms with E-state index in [-0.39, 0.29) is 35.3 Å². The van der Waals surface area contributed by atoms with E-state index >= 15 is 0 Å². The Balaban J connectivity index is 1.32. The van der Waals surface area contributed by atoms with Gasteiger partial charge in [0, 0.05) is 48.3 Å². The van der Waals surface area contributed by atoms with Crippen LogP contribution in [0.5, 0.6) is 0 Å². The van der Waals surface area contributed by atoms with Crippen LogP contribution in [0, 0.1) is 5.82 Å². The third-order valence-corrected chi connectivity index (χ3v) is 8.57. The van der Waals surface area contributed by atoms with E-state index in [0.29, 0.717) is 35.9 Å². The molecule has 3 aromatic rings. The first-order valence-corrected chi connectivity index (χ1v) is 14.2. The molecule has 0 saturated carbocycles. The molecule has 0 aliphatic carbocycles. The van der Waals surface area contributed by atoms with Gasteiger partial charge in [-0.1, -0.05) is 6.08 Å². The summed E-state index contributed by atoms with van der Waals surface area (Å²) in [6.07, 6.45) is 0.489. The number of dihydropyridines is 1. The fraction of sp³-hybridized carbons (Fsp3) is 0.393. The largest absolute Gasteiger partial charge is 0.446 e. The Hall–Kier alpha value is -3.58. The first kappa shape index (κ1) is 28.9. The highest BCUT2D eigenvalue weighted by Gasteiger charge is 2.37. The summed E-state index contributed by atoms with van der Waals surface area (Å²) >= 11 is 0. The zero-order valence-corrected chi connectivity index (χ0v) is 23.1. The third-order valence-electron chi connectivity index (χ3n) is 7.16. The molecule has 2 unspecified atom stereocenters. The maximum Gasteiger partial charge on any atom is 0.432 e. The molecule has 1 fully saturated rings. The highest BCUT2D eigenvalue weighted by Crippen LogP contribution is 2.29. The van der Waals surface area contributed by atoms with Crippen molar-refractivity contribution in [1.29, 1.82) is 0 Å². The number of pyridine rings is 1. The van der Waals surface area contributed by atoms with Crippen LogP contribution in [0.4, 0.5) is 17.6 Å². The summed E-state index contributed by atoms with van der Waals surface area (Å²) < 4.78 is 74.5. The number of nitrogens with zero attached hydrogens (tertiary/aromatic N) is 3. The number of nitrogens with one attached hydrogen (secondary N) is 1. The van der Waals surface area contributed by atoms with Gasteiger partial charge in [0.2, 0.25) is 11.0 Å². The van der Waals surface area contributed by atoms with Crippen LogP contribution in [0.1, 0.15) is 49.8 Å². The molecule has 0 radical (unpaired) electrons. The minimum absolute atomic E-state index is 0.106. The van der Waals surface area contributed by atoms with Gasteiger partial charge in [0.1, 0.15) is 23.2 Å². The molecule has 1 N–H and O–H groups in total. The Morgan fingerprint density at radius 1 is 1.24 bits per heavy atom. The van der Waals surface area contributed by atoms with Crippen LogP contribution >= 0.6 is 0 Å². The number of rotatable bonds is 7. The smallest absolute Gasteiger partial charge is 0.432 e. The summed E-state index contributed by atoms with van der Waals surface area (Å²) in [5, 5.41) is 3.34. The lowest BCUT2D eigenvalue weighted by Gasteiger charge is -2.22. The fourth-order valence-electron chi connectivity index (χ4n) is 5.01. The van der Waals surface area contributed by atoms with Crippen LogP contribution in [0.25, 0.3) is 11.0 Å². The standard InChI is InChI=1S/C28H28F4N4O4S/c1-16(2)35-15-20(17-5-8-24(33-13-17)28(30,31)32)10-19(27(35)38)14-34-26(37)22-4-3-9-36(22)41(39)25-12-18-11-21(29)6-7-23(18)40-25/h5-8,10-12,15-17,22H,3-4,9,13-14H2,1-2H3,(H,34,37)/t17?,22-,41?/m0/s1. The summed E-state index contributed by atoms with van der Waals surface area (Å²) in [6.45, 7) is 3.75. The van der Waals surface area contributed by atoms with Gasteiger partial charge in [-0.05, 0) is 62.6 Å². The molecule has 1 aromatic carbocycles. The lowest BCUT2D eigenvalue weighted by Crippen LogP contribution is -2.44. The molecule has 1 saturated heterocycles. The van der Waals surface area contributed by atoms with Gasteiger partial charge in [-0.25, -0.2) is 12.9 Å². The van der Waals surface area contributed by atoms with E-state index in [1.54, 1.807) is 12.3 Å². The molecule has 5 rings (SSSR count). The van der Waals surface area contributed by atoms with Crippen LogP contribution in [-0.2, 0) is 22.3 Å². The second-order valence-electron chi connectivity index (χ2n) is 10.3. The molecule has 0 spiro atoms. The second-order valence-corrected chi connectivity index (χ2v) is 11.7. The van der Waals surface area contributed by atoms with Gasteiger partial charge >= 0.3 is 6.18 Å². The predicted molar refractivity (Wildman–Crippen MR) is 145 cm³/mol. The van der Waals surface area contributed by atoms with Crippen LogP contribution in [0.3, 0.4) is 0 Å². The van der Waals surface area contributed by atoms with E-state index < -0.39 is 46.6 Å². The van der Waals surface area contributed by atoms with Crippen LogP contribution in [0.2, 0.25) is 0 Å². The zero-order chi connectivity index (χ0) is 29.5. The number of aliphatic imine (C=N–C) groups is 1. The van der Waals surface area contributed by atoms with Crippen LogP contribution in [-0.4, -0.2) is 50.0 Å². The maximum absolute atomic E-state index is 13.6. The molecule has 1 amide bonds. The first-order valence-electron chi connectivity index (χ1n) is 13.1. The van der Waals surface area contributed by atoms with Crippen molar-refractivity contribution in [3.8, 4) is 0 Å². The lowest BCUT2D eigenvalue weighted by molar-refractivity contribution is -0.124. The number of hydrogen-bond donors (Lipinski definition) is 1. The van der Waals surface area contributed by atoms with Crippen molar-refractivity contribution in [2.75, 3.05) is 13.1 Å². The van der Waals surface area contributed by atoms with Crippen molar-refractivity contribution in [2.24, 2.45) is 4.99 Å². The summed E-state index contributed by atoms with van der Waals surface area (Å²) in [4.78, 5) is 30.0. The van der Waals surface area contributed by atoms with E-state index in [0.717, 1.165) is 6.08 Å². The number of fused-ring (bicyclic) bond motifs is 1. The minimum Gasteiger partial charge on any atom is -0.446 e. The highest BCUT2D eigenvalue weighted by molar-refractivity contribution is 7.82. The number of carbonyl (C=O) groups excluding carboxylic acids is 1. The van der Waals surface area contributed by atoms with Gasteiger partial charge in [0.25, 0.3) is 5.56 Å². The monoisotopic (exact) mass is 592 g/mol. The first-order chi connectivity index (χ1) is 19.4. The Kier molecular flexibility index (Phi) is 8.02. The van der Waals surface area contributed by atoms with E-state index in [2.05, 4.69) is 10.3 Å². The molecule has 0 bridgehead atoms. The maximum atomic E-state index is 13.6. The van der Waals surface area contributed by atoms with E-state index in [4.69, 9.17) is 4.42 Å². The minimum atomic E-state index is -4.53. The Morgan fingerprint density at radius 2 is 2.02 bits per heavy atom. The number of aromatic nitrogens is 1. The van der Waals surface area contributed by atoms with E-state index in [1.807, 2.05) is 13.8 Å². The quantitative estimate of drug-likeness (QED) is 0.400. The second kappa shape index (κ2) is 11.4. The summed E-state index contributed by atoms with van der Waals surface area (Å²) in [5.74, 6) is -1.34. The molecule has 8 nitrogen and oxygen atoms in total. The van der Waals surface area contributed by atoms with Crippen molar-refractivity contribution < 1.29 is 31.0 Å². The van der Waals surface area contributed by atoms with Gasteiger partial charge in [0.05, 0.1) is 6.54 Å². The summed E-state index contributed by atoms with van der Waals surface area (Å²) in [5.41, 5.74) is -0.0250. The topological polar surface area (TPSA) is 96.9 Å². The molecule has 2 aromatic heterocycles. The van der Waals surface area contributed by atoms with E-state index in [1.165, 1.54) is 39.2 Å².